The highest BCUT2D eigenvalue weighted by Crippen LogP contribution is 2.49. The van der Waals surface area contributed by atoms with E-state index in [1.807, 2.05) is 0 Å². The molecule has 190 valence electrons. The molecule has 0 saturated carbocycles. The van der Waals surface area contributed by atoms with Crippen LogP contribution >= 0.6 is 0 Å². The molecule has 0 amide bonds. The van der Waals surface area contributed by atoms with Gasteiger partial charge < -0.3 is 4.74 Å². The Hall–Kier alpha value is -5.40. The maximum Gasteiger partial charge on any atom is 0.135 e. The first kappa shape index (κ1) is 22.4. The summed E-state index contributed by atoms with van der Waals surface area (Å²) in [6, 6.07) is 52.6. The highest BCUT2D eigenvalue weighted by atomic mass is 16.5. The number of ether oxygens (including phenoxy) is 1. The smallest absolute Gasteiger partial charge is 0.135 e. The number of hydrogen-bond donors (Lipinski definition) is 0. The molecule has 1 heteroatoms. The van der Waals surface area contributed by atoms with E-state index in [0.29, 0.717) is 0 Å². The van der Waals surface area contributed by atoms with Crippen molar-refractivity contribution in [3.63, 3.8) is 0 Å². The Morgan fingerprint density at radius 2 is 1.05 bits per heavy atom. The molecule has 0 saturated heterocycles. The van der Waals surface area contributed by atoms with Crippen molar-refractivity contribution in [2.24, 2.45) is 0 Å². The van der Waals surface area contributed by atoms with Crippen LogP contribution in [0, 0.1) is 0 Å². The first-order valence-electron chi connectivity index (χ1n) is 14.1. The summed E-state index contributed by atoms with van der Waals surface area (Å²) in [4.78, 5) is 0. The number of hydrogen-bond acceptors (Lipinski definition) is 1. The zero-order valence-electron chi connectivity index (χ0n) is 22.3. The molecule has 1 aliphatic rings. The van der Waals surface area contributed by atoms with Crippen molar-refractivity contribution in [3.05, 3.63) is 146 Å². The monoisotopic (exact) mass is 520 g/mol. The summed E-state index contributed by atoms with van der Waals surface area (Å²) in [6.45, 7) is 0. The van der Waals surface area contributed by atoms with Crippen LogP contribution < -0.4 is 4.74 Å². The Labute approximate surface area is 237 Å². The lowest BCUT2D eigenvalue weighted by Crippen LogP contribution is -1.97. The molecular weight excluding hydrogens is 496 g/mol. The van der Waals surface area contributed by atoms with Crippen LogP contribution in [0.1, 0.15) is 0 Å². The van der Waals surface area contributed by atoms with Crippen LogP contribution in [0.3, 0.4) is 0 Å². The predicted octanol–water partition coefficient (Wildman–Crippen LogP) is 11.4. The Bertz CT molecular complexity index is 2320. The van der Waals surface area contributed by atoms with Crippen LogP contribution in [0.5, 0.6) is 11.5 Å². The molecule has 0 fully saturated rings. The van der Waals surface area contributed by atoms with Crippen molar-refractivity contribution in [1.82, 2.24) is 0 Å². The molecule has 0 aliphatic carbocycles. The molecule has 41 heavy (non-hydrogen) atoms. The van der Waals surface area contributed by atoms with Gasteiger partial charge in [-0.05, 0) is 95.9 Å². The normalized spacial score (nSPS) is 12.1. The summed E-state index contributed by atoms with van der Waals surface area (Å²) in [5.41, 5.74) is 7.30. The van der Waals surface area contributed by atoms with Crippen LogP contribution in [0.25, 0.3) is 76.5 Å². The first-order valence-corrected chi connectivity index (χ1v) is 14.1. The maximum atomic E-state index is 6.43. The third-order valence-corrected chi connectivity index (χ3v) is 8.60. The second-order valence-electron chi connectivity index (χ2n) is 10.9. The molecule has 1 heterocycles. The van der Waals surface area contributed by atoms with Gasteiger partial charge in [0.15, 0.2) is 0 Å². The van der Waals surface area contributed by atoms with E-state index in [9.17, 15) is 0 Å². The molecule has 0 aromatic heterocycles. The van der Waals surface area contributed by atoms with Gasteiger partial charge in [0.2, 0.25) is 0 Å². The molecule has 0 atom stereocenters. The van der Waals surface area contributed by atoms with Crippen LogP contribution in [-0.2, 0) is 0 Å². The van der Waals surface area contributed by atoms with E-state index in [-0.39, 0.29) is 0 Å². The van der Waals surface area contributed by atoms with Crippen molar-refractivity contribution < 1.29 is 4.74 Å². The van der Waals surface area contributed by atoms with Crippen molar-refractivity contribution in [3.8, 4) is 44.9 Å². The highest BCUT2D eigenvalue weighted by molar-refractivity contribution is 6.25. The van der Waals surface area contributed by atoms with Gasteiger partial charge in [0.05, 0.1) is 0 Å². The van der Waals surface area contributed by atoms with E-state index >= 15 is 0 Å². The number of rotatable bonds is 2. The summed E-state index contributed by atoms with van der Waals surface area (Å²) in [6.07, 6.45) is 0. The molecule has 0 radical (unpaired) electrons. The van der Waals surface area contributed by atoms with Crippen LogP contribution in [-0.4, -0.2) is 0 Å². The van der Waals surface area contributed by atoms with Crippen molar-refractivity contribution in [1.29, 1.82) is 0 Å². The Kier molecular flexibility index (Phi) is 4.67. The topological polar surface area (TPSA) is 9.23 Å². The van der Waals surface area contributed by atoms with Crippen LogP contribution in [0.4, 0.5) is 0 Å². The van der Waals surface area contributed by atoms with E-state index in [1.54, 1.807) is 0 Å². The lowest BCUT2D eigenvalue weighted by Gasteiger charge is -2.22. The Morgan fingerprint density at radius 3 is 1.90 bits per heavy atom. The Balaban J connectivity index is 1.41. The summed E-state index contributed by atoms with van der Waals surface area (Å²) >= 11 is 0. The minimum Gasteiger partial charge on any atom is -0.456 e. The van der Waals surface area contributed by atoms with Gasteiger partial charge in [0.1, 0.15) is 11.5 Å². The SMILES string of the molecule is c1ccc(-c2c3ccccc3cc3c(-c4ccc5c(c4)-c4cccc6cccc(c46)O5)cc4ccccc4c23)cc1. The van der Waals surface area contributed by atoms with E-state index in [2.05, 4.69) is 146 Å². The van der Waals surface area contributed by atoms with Gasteiger partial charge in [0, 0.05) is 10.9 Å². The molecular formula is C40H24O. The van der Waals surface area contributed by atoms with E-state index in [0.717, 1.165) is 17.1 Å². The minimum absolute atomic E-state index is 0.903. The summed E-state index contributed by atoms with van der Waals surface area (Å²) in [5, 5.41) is 9.97. The van der Waals surface area contributed by atoms with Gasteiger partial charge in [-0.15, -0.1) is 0 Å². The summed E-state index contributed by atoms with van der Waals surface area (Å²) in [5.74, 6) is 1.83. The zero-order chi connectivity index (χ0) is 26.9. The molecule has 9 rings (SSSR count). The van der Waals surface area contributed by atoms with Crippen molar-refractivity contribution in [2.45, 2.75) is 0 Å². The molecule has 0 unspecified atom stereocenters. The molecule has 1 nitrogen and oxygen atoms in total. The van der Waals surface area contributed by atoms with Crippen molar-refractivity contribution >= 4 is 43.1 Å². The lowest BCUT2D eigenvalue weighted by atomic mass is 9.85. The molecule has 0 spiro atoms. The quantitative estimate of drug-likeness (QED) is 0.163. The van der Waals surface area contributed by atoms with Gasteiger partial charge in [-0.3, -0.25) is 0 Å². The summed E-state index contributed by atoms with van der Waals surface area (Å²) < 4.78 is 6.43. The van der Waals surface area contributed by atoms with E-state index in [4.69, 9.17) is 4.74 Å². The minimum atomic E-state index is 0.903. The second-order valence-corrected chi connectivity index (χ2v) is 10.9. The fraction of sp³-hybridized carbons (Fsp3) is 0. The molecule has 8 aromatic carbocycles. The van der Waals surface area contributed by atoms with Gasteiger partial charge in [-0.1, -0.05) is 115 Å². The maximum absolute atomic E-state index is 6.43. The van der Waals surface area contributed by atoms with Gasteiger partial charge in [-0.25, -0.2) is 0 Å². The lowest BCUT2D eigenvalue weighted by molar-refractivity contribution is 0.487. The molecule has 1 aliphatic heterocycles. The fourth-order valence-electron chi connectivity index (χ4n) is 6.80. The van der Waals surface area contributed by atoms with Crippen LogP contribution in [0.2, 0.25) is 0 Å². The standard InChI is InChI=1S/C40H24O/c1-2-10-26(11-3-1)39-30-16-6-4-13-28(30)24-35-33(22-27-12-5-7-17-31(27)40(35)39)29-20-21-36-34(23-29)32-18-8-14-25-15-9-19-37(41-36)38(25)32/h1-24H. The zero-order valence-corrected chi connectivity index (χ0v) is 22.3. The van der Waals surface area contributed by atoms with Crippen molar-refractivity contribution in [2.75, 3.05) is 0 Å². The predicted molar refractivity (Wildman–Crippen MR) is 173 cm³/mol. The van der Waals surface area contributed by atoms with E-state index < -0.39 is 0 Å². The van der Waals surface area contributed by atoms with E-state index in [1.165, 1.54) is 70.9 Å². The molecule has 0 N–H and O–H groups in total. The fourth-order valence-corrected chi connectivity index (χ4v) is 6.80. The summed E-state index contributed by atoms with van der Waals surface area (Å²) in [7, 11) is 0. The second kappa shape index (κ2) is 8.55. The third-order valence-electron chi connectivity index (χ3n) is 8.60. The number of fused-ring (bicyclic) bond motifs is 6. The molecule has 8 aromatic rings. The van der Waals surface area contributed by atoms with Crippen LogP contribution in [0.15, 0.2) is 146 Å². The Morgan fingerprint density at radius 1 is 0.341 bits per heavy atom. The average molecular weight is 521 g/mol. The highest BCUT2D eigenvalue weighted by Gasteiger charge is 2.22. The number of benzene rings is 8. The average Bonchev–Trinajstić information content (AvgIpc) is 3.04. The van der Waals surface area contributed by atoms with Gasteiger partial charge in [0.25, 0.3) is 0 Å². The van der Waals surface area contributed by atoms with Gasteiger partial charge in [-0.2, -0.15) is 0 Å². The van der Waals surface area contributed by atoms with Gasteiger partial charge >= 0.3 is 0 Å². The largest absolute Gasteiger partial charge is 0.456 e. The first-order chi connectivity index (χ1) is 20.3. The molecule has 0 bridgehead atoms. The third kappa shape index (κ3) is 3.30.